The number of aromatic nitrogens is 2. The highest BCUT2D eigenvalue weighted by molar-refractivity contribution is 7.99. The number of nitrogens with zero attached hydrogens (tertiary/aromatic N) is 2. The van der Waals surface area contributed by atoms with Gasteiger partial charge in [0.25, 0.3) is 5.56 Å². The Bertz CT molecular complexity index is 951. The number of anilines is 1. The van der Waals surface area contributed by atoms with E-state index in [2.05, 4.69) is 10.3 Å². The summed E-state index contributed by atoms with van der Waals surface area (Å²) in [5, 5.41) is 13.0. The maximum atomic E-state index is 12.3. The van der Waals surface area contributed by atoms with Crippen LogP contribution in [0.3, 0.4) is 0 Å². The number of para-hydroxylation sites is 1. The zero-order valence-corrected chi connectivity index (χ0v) is 13.7. The van der Waals surface area contributed by atoms with E-state index in [4.69, 9.17) is 0 Å². The normalized spacial score (nSPS) is 10.7. The molecule has 1 heterocycles. The van der Waals surface area contributed by atoms with Gasteiger partial charge in [0.2, 0.25) is 5.91 Å². The number of hydrogen-bond acceptors (Lipinski definition) is 5. The minimum atomic E-state index is -0.215. The lowest BCUT2D eigenvalue weighted by molar-refractivity contribution is -0.113. The topological polar surface area (TPSA) is 84.2 Å². The number of fused-ring (bicyclic) bond motifs is 1. The van der Waals surface area contributed by atoms with Crippen LogP contribution in [0.2, 0.25) is 0 Å². The number of nitrogens with one attached hydrogen (secondary N) is 1. The van der Waals surface area contributed by atoms with Crippen molar-refractivity contribution in [1.82, 2.24) is 9.55 Å². The number of rotatable bonds is 4. The van der Waals surface area contributed by atoms with Crippen LogP contribution in [-0.4, -0.2) is 26.3 Å². The van der Waals surface area contributed by atoms with Crippen molar-refractivity contribution in [2.75, 3.05) is 11.1 Å². The van der Waals surface area contributed by atoms with Gasteiger partial charge in [0.15, 0.2) is 5.16 Å². The molecule has 1 aromatic heterocycles. The van der Waals surface area contributed by atoms with Gasteiger partial charge in [-0.05, 0) is 36.4 Å². The Balaban J connectivity index is 1.73. The van der Waals surface area contributed by atoms with Crippen LogP contribution in [0.4, 0.5) is 5.69 Å². The molecule has 0 aliphatic carbocycles. The lowest BCUT2D eigenvalue weighted by Crippen LogP contribution is -2.21. The molecule has 122 valence electrons. The van der Waals surface area contributed by atoms with Crippen LogP contribution in [0.15, 0.2) is 58.5 Å². The van der Waals surface area contributed by atoms with Gasteiger partial charge < -0.3 is 10.4 Å². The van der Waals surface area contributed by atoms with E-state index in [9.17, 15) is 14.7 Å². The molecule has 0 aliphatic rings. The Morgan fingerprint density at radius 1 is 1.21 bits per heavy atom. The van der Waals surface area contributed by atoms with E-state index in [1.807, 2.05) is 6.07 Å². The maximum Gasteiger partial charge on any atom is 0.261 e. The molecule has 2 N–H and O–H groups in total. The fraction of sp³-hybridized carbons (Fsp3) is 0.118. The molecule has 3 rings (SSSR count). The van der Waals surface area contributed by atoms with E-state index < -0.39 is 0 Å². The van der Waals surface area contributed by atoms with Crippen LogP contribution < -0.4 is 10.9 Å². The van der Waals surface area contributed by atoms with Gasteiger partial charge in [-0.25, -0.2) is 4.98 Å². The molecule has 0 unspecified atom stereocenters. The summed E-state index contributed by atoms with van der Waals surface area (Å²) < 4.78 is 1.45. The average Bonchev–Trinajstić information content (AvgIpc) is 2.59. The first-order valence-electron chi connectivity index (χ1n) is 7.22. The molecular weight excluding hydrogens is 326 g/mol. The summed E-state index contributed by atoms with van der Waals surface area (Å²) in [6.45, 7) is 0. The molecule has 0 radical (unpaired) electrons. The molecular formula is C17H15N3O3S. The van der Waals surface area contributed by atoms with Gasteiger partial charge in [-0.2, -0.15) is 0 Å². The molecule has 1 amide bonds. The van der Waals surface area contributed by atoms with E-state index in [0.29, 0.717) is 21.7 Å². The van der Waals surface area contributed by atoms with E-state index in [-0.39, 0.29) is 23.0 Å². The number of carbonyl (C=O) groups is 1. The monoisotopic (exact) mass is 341 g/mol. The second-order valence-corrected chi connectivity index (χ2v) is 6.10. The first kappa shape index (κ1) is 16.1. The molecule has 0 saturated heterocycles. The Kier molecular flexibility index (Phi) is 4.52. The quantitative estimate of drug-likeness (QED) is 0.432. The van der Waals surface area contributed by atoms with Crippen LogP contribution in [-0.2, 0) is 11.8 Å². The minimum Gasteiger partial charge on any atom is -0.508 e. The zero-order valence-electron chi connectivity index (χ0n) is 12.9. The van der Waals surface area contributed by atoms with Crippen LogP contribution in [0.25, 0.3) is 10.9 Å². The third-order valence-corrected chi connectivity index (χ3v) is 4.46. The van der Waals surface area contributed by atoms with Gasteiger partial charge in [0, 0.05) is 12.7 Å². The summed E-state index contributed by atoms with van der Waals surface area (Å²) in [5.41, 5.74) is 1.07. The van der Waals surface area contributed by atoms with E-state index in [1.54, 1.807) is 37.4 Å². The van der Waals surface area contributed by atoms with Gasteiger partial charge in [-0.15, -0.1) is 0 Å². The molecule has 24 heavy (non-hydrogen) atoms. The summed E-state index contributed by atoms with van der Waals surface area (Å²) >= 11 is 1.20. The minimum absolute atomic E-state index is 0.125. The smallest absolute Gasteiger partial charge is 0.261 e. The maximum absolute atomic E-state index is 12.3. The molecule has 0 bridgehead atoms. The molecule has 0 fully saturated rings. The number of hydrogen-bond donors (Lipinski definition) is 2. The predicted octanol–water partition coefficient (Wildman–Crippen LogP) is 2.37. The second kappa shape index (κ2) is 6.76. The predicted molar refractivity (Wildman–Crippen MR) is 94.4 cm³/mol. The summed E-state index contributed by atoms with van der Waals surface area (Å²) in [6.07, 6.45) is 0. The van der Waals surface area contributed by atoms with Gasteiger partial charge in [-0.3, -0.25) is 14.2 Å². The molecule has 7 heteroatoms. The fourth-order valence-corrected chi connectivity index (χ4v) is 2.97. The molecule has 6 nitrogen and oxygen atoms in total. The Hall–Kier alpha value is -2.80. The number of benzene rings is 2. The number of phenolic OH excluding ortho intramolecular Hbond substituents is 1. The van der Waals surface area contributed by atoms with E-state index in [0.717, 1.165) is 0 Å². The Morgan fingerprint density at radius 3 is 2.67 bits per heavy atom. The number of aromatic hydroxyl groups is 1. The van der Waals surface area contributed by atoms with Gasteiger partial charge in [0.1, 0.15) is 5.75 Å². The lowest BCUT2D eigenvalue weighted by Gasteiger charge is -2.09. The van der Waals surface area contributed by atoms with Crippen molar-refractivity contribution in [3.8, 4) is 5.75 Å². The molecule has 3 aromatic rings. The molecule has 0 atom stereocenters. The zero-order chi connectivity index (χ0) is 17.1. The summed E-state index contributed by atoms with van der Waals surface area (Å²) in [7, 11) is 1.64. The number of thioether (sulfide) groups is 1. The standard InChI is InChI=1S/C17H15N3O3S/c1-20-16(23)13-4-2-3-5-14(13)19-17(20)24-10-15(22)18-11-6-8-12(21)9-7-11/h2-9,21H,10H2,1H3,(H,18,22). The van der Waals surface area contributed by atoms with Crippen molar-refractivity contribution in [3.63, 3.8) is 0 Å². The van der Waals surface area contributed by atoms with Crippen molar-refractivity contribution in [3.05, 3.63) is 58.9 Å². The Morgan fingerprint density at radius 2 is 1.92 bits per heavy atom. The average molecular weight is 341 g/mol. The third-order valence-electron chi connectivity index (χ3n) is 3.43. The third kappa shape index (κ3) is 3.41. The first-order chi connectivity index (χ1) is 11.5. The fourth-order valence-electron chi connectivity index (χ4n) is 2.20. The van der Waals surface area contributed by atoms with Crippen molar-refractivity contribution in [2.24, 2.45) is 7.05 Å². The highest BCUT2D eigenvalue weighted by Gasteiger charge is 2.10. The number of phenols is 1. The molecule has 0 saturated carbocycles. The SMILES string of the molecule is Cn1c(SCC(=O)Nc2ccc(O)cc2)nc2ccccc2c1=O. The molecule has 2 aromatic carbocycles. The Labute approximate surface area is 142 Å². The summed E-state index contributed by atoms with van der Waals surface area (Å²) in [4.78, 5) is 28.8. The van der Waals surface area contributed by atoms with Gasteiger partial charge in [0.05, 0.1) is 16.7 Å². The number of amides is 1. The highest BCUT2D eigenvalue weighted by Crippen LogP contribution is 2.18. The van der Waals surface area contributed by atoms with Crippen LogP contribution in [0, 0.1) is 0 Å². The van der Waals surface area contributed by atoms with E-state index in [1.165, 1.54) is 28.5 Å². The molecule has 0 aliphatic heterocycles. The van der Waals surface area contributed by atoms with Crippen molar-refractivity contribution < 1.29 is 9.90 Å². The van der Waals surface area contributed by atoms with Crippen LogP contribution >= 0.6 is 11.8 Å². The molecule has 0 spiro atoms. The summed E-state index contributed by atoms with van der Waals surface area (Å²) in [5.74, 6) is 0.0466. The second-order valence-electron chi connectivity index (χ2n) is 5.16. The first-order valence-corrected chi connectivity index (χ1v) is 8.20. The highest BCUT2D eigenvalue weighted by atomic mass is 32.2. The lowest BCUT2D eigenvalue weighted by atomic mass is 10.2. The van der Waals surface area contributed by atoms with Crippen molar-refractivity contribution in [2.45, 2.75) is 5.16 Å². The van der Waals surface area contributed by atoms with Crippen LogP contribution in [0.1, 0.15) is 0 Å². The van der Waals surface area contributed by atoms with Gasteiger partial charge in [-0.1, -0.05) is 23.9 Å². The number of carbonyl (C=O) groups excluding carboxylic acids is 1. The largest absolute Gasteiger partial charge is 0.508 e. The van der Waals surface area contributed by atoms with Crippen LogP contribution in [0.5, 0.6) is 5.75 Å². The summed E-state index contributed by atoms with van der Waals surface area (Å²) in [6, 6.07) is 13.3. The van der Waals surface area contributed by atoms with E-state index >= 15 is 0 Å². The van der Waals surface area contributed by atoms with Crippen molar-refractivity contribution in [1.29, 1.82) is 0 Å². The van der Waals surface area contributed by atoms with Crippen molar-refractivity contribution >= 4 is 34.3 Å². The van der Waals surface area contributed by atoms with Gasteiger partial charge >= 0.3 is 0 Å².